The number of hydrogen-bond donors (Lipinski definition) is 0. The molecule has 0 amide bonds. The molecule has 1 fully saturated rings. The number of likely N-dealkylation sites (tertiary alicyclic amines) is 1. The van der Waals surface area contributed by atoms with Crippen molar-refractivity contribution in [2.45, 2.75) is 26.8 Å². The molecule has 0 saturated carbocycles. The van der Waals surface area contributed by atoms with Crippen molar-refractivity contribution in [2.24, 2.45) is 11.3 Å². The van der Waals surface area contributed by atoms with E-state index in [2.05, 4.69) is 49.2 Å². The first-order chi connectivity index (χ1) is 6.88. The van der Waals surface area contributed by atoms with E-state index in [-0.39, 0.29) is 0 Å². The van der Waals surface area contributed by atoms with Gasteiger partial charge in [0.05, 0.1) is 19.0 Å². The first kappa shape index (κ1) is 11.1. The third-order valence-corrected chi connectivity index (χ3v) is 4.02. The van der Waals surface area contributed by atoms with Gasteiger partial charge >= 0.3 is 0 Å². The molecular weight excluding hydrogens is 186 g/mol. The standard InChI is InChI=1S/C12H25N3/c1-12(2,3)10-6-14(5)15(7-10)11-8-13(4)9-11/h10-11H,6-9H2,1-5H3/q+2. The van der Waals surface area contributed by atoms with Crippen LogP contribution < -0.4 is 0 Å². The smallest absolute Gasteiger partial charge is 0.237 e. The van der Waals surface area contributed by atoms with Gasteiger partial charge in [0.2, 0.25) is 19.1 Å². The number of likely N-dealkylation sites (N-methyl/N-ethyl adjacent to an activating group) is 1. The molecule has 2 rings (SSSR count). The molecule has 1 unspecified atom stereocenters. The van der Waals surface area contributed by atoms with Crippen molar-refractivity contribution >= 4 is 0 Å². The summed E-state index contributed by atoms with van der Waals surface area (Å²) in [5.41, 5.74) is 0.443. The summed E-state index contributed by atoms with van der Waals surface area (Å²) < 4.78 is 5.02. The van der Waals surface area contributed by atoms with Crippen LogP contribution in [0.4, 0.5) is 0 Å². The Labute approximate surface area is 93.4 Å². The minimum atomic E-state index is 0.443. The number of azo groups is 4. The van der Waals surface area contributed by atoms with Gasteiger partial charge in [-0.15, -0.1) is 0 Å². The molecule has 86 valence electrons. The minimum Gasteiger partial charge on any atom is -0.293 e. The van der Waals surface area contributed by atoms with Gasteiger partial charge in [-0.3, -0.25) is 4.90 Å². The fourth-order valence-electron chi connectivity index (χ4n) is 2.68. The van der Waals surface area contributed by atoms with Crippen LogP contribution >= 0.6 is 0 Å². The first-order valence-corrected chi connectivity index (χ1v) is 6.04. The van der Waals surface area contributed by atoms with Crippen molar-refractivity contribution in [2.75, 3.05) is 40.3 Å². The highest BCUT2D eigenvalue weighted by molar-refractivity contribution is 4.78. The lowest BCUT2D eigenvalue weighted by molar-refractivity contribution is -1.01. The highest BCUT2D eigenvalue weighted by Crippen LogP contribution is 2.30. The van der Waals surface area contributed by atoms with E-state index in [1.807, 2.05) is 0 Å². The molecule has 0 spiro atoms. The summed E-state index contributed by atoms with van der Waals surface area (Å²) in [6.45, 7) is 12.0. The van der Waals surface area contributed by atoms with E-state index in [0.29, 0.717) is 5.41 Å². The van der Waals surface area contributed by atoms with Crippen molar-refractivity contribution in [3.8, 4) is 0 Å². The van der Waals surface area contributed by atoms with Crippen molar-refractivity contribution in [1.29, 1.82) is 0 Å². The maximum atomic E-state index is 2.58. The Morgan fingerprint density at radius 2 is 1.73 bits per heavy atom. The van der Waals surface area contributed by atoms with Gasteiger partial charge in [-0.1, -0.05) is 20.8 Å². The number of nitrogens with zero attached hydrogens (tertiary/aromatic N) is 3. The molecule has 3 nitrogen and oxygen atoms in total. The molecule has 15 heavy (non-hydrogen) atoms. The first-order valence-electron chi connectivity index (χ1n) is 6.04. The molecule has 0 aromatic carbocycles. The van der Waals surface area contributed by atoms with Gasteiger partial charge in [0.15, 0.2) is 7.05 Å². The van der Waals surface area contributed by atoms with E-state index in [1.165, 1.54) is 26.2 Å². The van der Waals surface area contributed by atoms with Crippen LogP contribution in [0, 0.1) is 11.3 Å². The van der Waals surface area contributed by atoms with E-state index >= 15 is 0 Å². The number of rotatable bonds is 1. The van der Waals surface area contributed by atoms with Crippen molar-refractivity contribution < 1.29 is 9.39 Å². The molecule has 1 atom stereocenters. The van der Waals surface area contributed by atoms with Crippen molar-refractivity contribution in [3.63, 3.8) is 0 Å². The SMILES string of the molecule is CN1CC([N+]2=[N+](C)CC(C(C)(C)C)C2)C1. The van der Waals surface area contributed by atoms with Gasteiger partial charge in [-0.05, 0) is 21.9 Å². The zero-order chi connectivity index (χ0) is 11.2. The lowest BCUT2D eigenvalue weighted by Gasteiger charge is -2.30. The largest absolute Gasteiger partial charge is 0.293 e. The molecule has 3 heteroatoms. The van der Waals surface area contributed by atoms with Gasteiger partial charge in [0.1, 0.15) is 0 Å². The summed E-state index contributed by atoms with van der Waals surface area (Å²) in [6.07, 6.45) is 0. The lowest BCUT2D eigenvalue weighted by atomic mass is 9.81. The summed E-state index contributed by atoms with van der Waals surface area (Å²) in [4.78, 5) is 2.39. The maximum absolute atomic E-state index is 2.58. The molecule has 2 aliphatic heterocycles. The molecule has 0 bridgehead atoms. The Balaban J connectivity index is 2.00. The Bertz CT molecular complexity index is 282. The molecule has 0 aromatic rings. The van der Waals surface area contributed by atoms with Crippen LogP contribution in [-0.4, -0.2) is 60.6 Å². The molecular formula is C12H25N3+2. The lowest BCUT2D eigenvalue weighted by Crippen LogP contribution is -2.55. The molecule has 0 aromatic heterocycles. The van der Waals surface area contributed by atoms with Crippen LogP contribution in [0.1, 0.15) is 20.8 Å². The van der Waals surface area contributed by atoms with Crippen LogP contribution in [0.3, 0.4) is 0 Å². The molecule has 2 aliphatic rings. The van der Waals surface area contributed by atoms with Crippen LogP contribution in [0.25, 0.3) is 0 Å². The van der Waals surface area contributed by atoms with Crippen LogP contribution in [-0.2, 0) is 0 Å². The third kappa shape index (κ3) is 2.07. The van der Waals surface area contributed by atoms with Gasteiger partial charge < -0.3 is 0 Å². The van der Waals surface area contributed by atoms with E-state index in [0.717, 1.165) is 12.0 Å². The highest BCUT2D eigenvalue weighted by Gasteiger charge is 2.48. The fourth-order valence-corrected chi connectivity index (χ4v) is 2.68. The zero-order valence-electron chi connectivity index (χ0n) is 10.8. The predicted octanol–water partition coefficient (Wildman–Crippen LogP) is 1.08. The van der Waals surface area contributed by atoms with E-state index in [9.17, 15) is 0 Å². The average molecular weight is 211 g/mol. The quantitative estimate of drug-likeness (QED) is 0.590. The van der Waals surface area contributed by atoms with Crippen LogP contribution in [0.2, 0.25) is 0 Å². The summed E-state index contributed by atoms with van der Waals surface area (Å²) in [7, 11) is 4.44. The van der Waals surface area contributed by atoms with Crippen LogP contribution in [0.5, 0.6) is 0 Å². The molecule has 0 aliphatic carbocycles. The molecule has 2 heterocycles. The Morgan fingerprint density at radius 3 is 2.13 bits per heavy atom. The summed E-state index contributed by atoms with van der Waals surface area (Å²) in [5.74, 6) is 0.813. The minimum absolute atomic E-state index is 0.443. The summed E-state index contributed by atoms with van der Waals surface area (Å²) in [6, 6.07) is 0.771. The van der Waals surface area contributed by atoms with Gasteiger partial charge in [0.25, 0.3) is 0 Å². The van der Waals surface area contributed by atoms with Crippen LogP contribution in [0.15, 0.2) is 0 Å². The summed E-state index contributed by atoms with van der Waals surface area (Å²) in [5, 5.41) is 0. The van der Waals surface area contributed by atoms with Gasteiger partial charge in [0, 0.05) is 0 Å². The van der Waals surface area contributed by atoms with Crippen molar-refractivity contribution in [1.82, 2.24) is 4.90 Å². The van der Waals surface area contributed by atoms with Crippen molar-refractivity contribution in [3.05, 3.63) is 0 Å². The third-order valence-electron chi connectivity index (χ3n) is 4.02. The van der Waals surface area contributed by atoms with Gasteiger partial charge in [-0.2, -0.15) is 0 Å². The second-order valence-corrected chi connectivity index (χ2v) is 6.40. The normalized spacial score (nSPS) is 29.8. The Kier molecular flexibility index (Phi) is 2.61. The van der Waals surface area contributed by atoms with E-state index in [1.54, 1.807) is 0 Å². The molecule has 0 N–H and O–H groups in total. The number of hydrogen-bond acceptors (Lipinski definition) is 1. The molecule has 0 radical (unpaired) electrons. The van der Waals surface area contributed by atoms with Gasteiger partial charge in [-0.25, -0.2) is 0 Å². The van der Waals surface area contributed by atoms with E-state index < -0.39 is 0 Å². The monoisotopic (exact) mass is 211 g/mol. The second-order valence-electron chi connectivity index (χ2n) is 6.40. The predicted molar refractivity (Wildman–Crippen MR) is 60.4 cm³/mol. The zero-order valence-corrected chi connectivity index (χ0v) is 10.8. The maximum Gasteiger partial charge on any atom is 0.237 e. The Morgan fingerprint density at radius 1 is 1.13 bits per heavy atom. The Hall–Kier alpha value is -0.440. The highest BCUT2D eigenvalue weighted by atomic mass is 15.5. The van der Waals surface area contributed by atoms with E-state index in [4.69, 9.17) is 0 Å². The molecule has 1 saturated heterocycles. The average Bonchev–Trinajstić information content (AvgIpc) is 2.41. The second kappa shape index (κ2) is 3.55. The summed E-state index contributed by atoms with van der Waals surface area (Å²) >= 11 is 0. The fraction of sp³-hybridized carbons (Fsp3) is 1.00. The topological polar surface area (TPSA) is 9.26 Å².